The van der Waals surface area contributed by atoms with Crippen LogP contribution < -0.4 is 20.7 Å². The SMILES string of the molecule is CC(C)Nc1nc(N2CCCC2)nc(N2C[C@@H]3C[C@H](C2)c2cccc(=O)n2C3)n1. The highest BCUT2D eigenvalue weighted by Gasteiger charge is 2.36. The molecule has 0 saturated carbocycles. The summed E-state index contributed by atoms with van der Waals surface area (Å²) in [6.45, 7) is 8.70. The monoisotopic (exact) mass is 395 g/mol. The third kappa shape index (κ3) is 3.56. The molecule has 2 bridgehead atoms. The minimum Gasteiger partial charge on any atom is -0.352 e. The number of anilines is 3. The van der Waals surface area contributed by atoms with Gasteiger partial charge in [-0.15, -0.1) is 0 Å². The van der Waals surface area contributed by atoms with Crippen LogP contribution in [0.15, 0.2) is 23.0 Å². The van der Waals surface area contributed by atoms with Gasteiger partial charge in [0.1, 0.15) is 0 Å². The smallest absolute Gasteiger partial charge is 0.250 e. The molecule has 0 unspecified atom stereocenters. The highest BCUT2D eigenvalue weighted by Crippen LogP contribution is 2.36. The van der Waals surface area contributed by atoms with Crippen LogP contribution in [0.4, 0.5) is 17.8 Å². The van der Waals surface area contributed by atoms with Crippen molar-refractivity contribution in [2.45, 2.75) is 51.6 Å². The predicted octanol–water partition coefficient (Wildman–Crippen LogP) is 2.08. The van der Waals surface area contributed by atoms with Crippen LogP contribution in [-0.2, 0) is 6.54 Å². The molecule has 0 amide bonds. The van der Waals surface area contributed by atoms with E-state index in [0.717, 1.165) is 56.7 Å². The summed E-state index contributed by atoms with van der Waals surface area (Å²) >= 11 is 0. The van der Waals surface area contributed by atoms with Crippen LogP contribution in [0.25, 0.3) is 0 Å². The predicted molar refractivity (Wildman–Crippen MR) is 114 cm³/mol. The molecule has 1 N–H and O–H groups in total. The fourth-order valence-corrected chi connectivity index (χ4v) is 4.94. The molecule has 8 heteroatoms. The largest absolute Gasteiger partial charge is 0.352 e. The summed E-state index contributed by atoms with van der Waals surface area (Å²) in [6.07, 6.45) is 3.50. The Kier molecular flexibility index (Phi) is 4.64. The zero-order valence-corrected chi connectivity index (χ0v) is 17.2. The van der Waals surface area contributed by atoms with Crippen LogP contribution in [0.1, 0.15) is 44.7 Å². The van der Waals surface area contributed by atoms with E-state index in [9.17, 15) is 4.79 Å². The van der Waals surface area contributed by atoms with E-state index in [-0.39, 0.29) is 11.6 Å². The van der Waals surface area contributed by atoms with E-state index in [1.54, 1.807) is 6.07 Å². The lowest BCUT2D eigenvalue weighted by molar-refractivity contribution is 0.279. The molecule has 5 heterocycles. The Bertz CT molecular complexity index is 950. The second-order valence-electron chi connectivity index (χ2n) is 8.86. The van der Waals surface area contributed by atoms with Gasteiger partial charge in [0.15, 0.2) is 0 Å². The van der Waals surface area contributed by atoms with Crippen molar-refractivity contribution in [1.29, 1.82) is 0 Å². The topological polar surface area (TPSA) is 79.2 Å². The Morgan fingerprint density at radius 1 is 1.00 bits per heavy atom. The lowest BCUT2D eigenvalue weighted by Crippen LogP contribution is -2.47. The van der Waals surface area contributed by atoms with Crippen molar-refractivity contribution in [3.8, 4) is 0 Å². The average Bonchev–Trinajstić information content (AvgIpc) is 3.23. The van der Waals surface area contributed by atoms with Gasteiger partial charge in [-0.2, -0.15) is 15.0 Å². The number of aromatic nitrogens is 4. The van der Waals surface area contributed by atoms with Crippen LogP contribution in [0, 0.1) is 5.92 Å². The van der Waals surface area contributed by atoms with Crippen molar-refractivity contribution >= 4 is 17.8 Å². The molecule has 0 aliphatic carbocycles. The van der Waals surface area contributed by atoms with Gasteiger partial charge in [0.05, 0.1) is 0 Å². The summed E-state index contributed by atoms with van der Waals surface area (Å²) in [4.78, 5) is 31.2. The van der Waals surface area contributed by atoms with E-state index < -0.39 is 0 Å². The zero-order valence-electron chi connectivity index (χ0n) is 17.2. The number of pyridine rings is 1. The second kappa shape index (κ2) is 7.31. The highest BCUT2D eigenvalue weighted by molar-refractivity contribution is 5.47. The summed E-state index contributed by atoms with van der Waals surface area (Å²) < 4.78 is 1.96. The van der Waals surface area contributed by atoms with Crippen LogP contribution in [0.3, 0.4) is 0 Å². The van der Waals surface area contributed by atoms with E-state index in [1.165, 1.54) is 12.8 Å². The number of hydrogen-bond donors (Lipinski definition) is 1. The molecule has 29 heavy (non-hydrogen) atoms. The summed E-state index contributed by atoms with van der Waals surface area (Å²) in [5.74, 6) is 2.97. The fourth-order valence-electron chi connectivity index (χ4n) is 4.94. The normalized spacial score (nSPS) is 23.4. The first-order valence-corrected chi connectivity index (χ1v) is 10.8. The first-order valence-electron chi connectivity index (χ1n) is 10.8. The maximum Gasteiger partial charge on any atom is 0.250 e. The molecule has 2 aromatic heterocycles. The van der Waals surface area contributed by atoms with Crippen molar-refractivity contribution in [3.63, 3.8) is 0 Å². The van der Waals surface area contributed by atoms with Gasteiger partial charge >= 0.3 is 0 Å². The summed E-state index contributed by atoms with van der Waals surface area (Å²) in [5, 5.41) is 3.36. The number of piperidine rings is 1. The van der Waals surface area contributed by atoms with Gasteiger partial charge in [-0.05, 0) is 45.1 Å². The maximum absolute atomic E-state index is 12.3. The van der Waals surface area contributed by atoms with Crippen LogP contribution >= 0.6 is 0 Å². The van der Waals surface area contributed by atoms with Crippen LogP contribution in [-0.4, -0.2) is 51.7 Å². The second-order valence-corrected chi connectivity index (χ2v) is 8.86. The van der Waals surface area contributed by atoms with Gasteiger partial charge in [0.2, 0.25) is 17.8 Å². The number of nitrogens with one attached hydrogen (secondary N) is 1. The van der Waals surface area contributed by atoms with Crippen LogP contribution in [0.2, 0.25) is 0 Å². The quantitative estimate of drug-likeness (QED) is 0.849. The molecule has 3 aliphatic rings. The molecule has 8 nitrogen and oxygen atoms in total. The van der Waals surface area contributed by atoms with Crippen molar-refractivity contribution in [3.05, 3.63) is 34.2 Å². The van der Waals surface area contributed by atoms with Crippen LogP contribution in [0.5, 0.6) is 0 Å². The van der Waals surface area contributed by atoms with E-state index in [4.69, 9.17) is 15.0 Å². The molecule has 0 aromatic carbocycles. The zero-order chi connectivity index (χ0) is 20.0. The number of rotatable bonds is 4. The van der Waals surface area contributed by atoms with Gasteiger partial charge in [0, 0.05) is 56.4 Å². The molecule has 0 spiro atoms. The lowest BCUT2D eigenvalue weighted by Gasteiger charge is -2.42. The lowest BCUT2D eigenvalue weighted by atomic mass is 9.83. The standard InChI is InChI=1S/C21H29N7O/c1-14(2)22-19-23-20(26-8-3-4-9-26)25-21(24-19)27-11-15-10-16(13-27)17-6-5-7-18(29)28(17)12-15/h5-7,14-16H,3-4,8-13H2,1-2H3,(H,22,23,24,25)/t15-,16+/m0/s1. The molecule has 0 radical (unpaired) electrons. The molecule has 154 valence electrons. The summed E-state index contributed by atoms with van der Waals surface area (Å²) in [6, 6.07) is 5.91. The number of fused-ring (bicyclic) bond motifs is 4. The van der Waals surface area contributed by atoms with Gasteiger partial charge in [-0.25, -0.2) is 0 Å². The Morgan fingerprint density at radius 3 is 2.52 bits per heavy atom. The third-order valence-corrected chi connectivity index (χ3v) is 6.18. The van der Waals surface area contributed by atoms with Crippen molar-refractivity contribution in [2.75, 3.05) is 41.3 Å². The van der Waals surface area contributed by atoms with E-state index in [1.807, 2.05) is 10.6 Å². The Morgan fingerprint density at radius 2 is 1.76 bits per heavy atom. The number of hydrogen-bond acceptors (Lipinski definition) is 7. The third-order valence-electron chi connectivity index (χ3n) is 6.18. The van der Waals surface area contributed by atoms with Gasteiger partial charge < -0.3 is 19.7 Å². The summed E-state index contributed by atoms with van der Waals surface area (Å²) in [5.41, 5.74) is 1.26. The van der Waals surface area contributed by atoms with E-state index >= 15 is 0 Å². The molecule has 2 fully saturated rings. The highest BCUT2D eigenvalue weighted by atomic mass is 16.1. The molecule has 5 rings (SSSR count). The molecule has 3 aliphatic heterocycles. The molecular formula is C21H29N7O. The first kappa shape index (κ1) is 18.4. The van der Waals surface area contributed by atoms with Gasteiger partial charge in [0.25, 0.3) is 5.56 Å². The number of nitrogens with zero attached hydrogens (tertiary/aromatic N) is 6. The average molecular weight is 396 g/mol. The van der Waals surface area contributed by atoms with Crippen molar-refractivity contribution in [1.82, 2.24) is 19.5 Å². The first-order chi connectivity index (χ1) is 14.1. The Labute approximate surface area is 171 Å². The fraction of sp³-hybridized carbons (Fsp3) is 0.619. The Hall–Kier alpha value is -2.64. The molecule has 2 saturated heterocycles. The van der Waals surface area contributed by atoms with E-state index in [2.05, 4.69) is 35.0 Å². The molecule has 2 aromatic rings. The minimum atomic E-state index is 0.116. The maximum atomic E-state index is 12.3. The Balaban J connectivity index is 1.47. The van der Waals surface area contributed by atoms with Crippen molar-refractivity contribution in [2.24, 2.45) is 5.92 Å². The minimum absolute atomic E-state index is 0.116. The van der Waals surface area contributed by atoms with Gasteiger partial charge in [-0.1, -0.05) is 6.07 Å². The van der Waals surface area contributed by atoms with E-state index in [0.29, 0.717) is 17.8 Å². The van der Waals surface area contributed by atoms with Gasteiger partial charge in [-0.3, -0.25) is 4.79 Å². The summed E-state index contributed by atoms with van der Waals surface area (Å²) in [7, 11) is 0. The molecule has 2 atom stereocenters. The molecular weight excluding hydrogens is 366 g/mol. The van der Waals surface area contributed by atoms with Crippen molar-refractivity contribution < 1.29 is 0 Å².